The molecule has 0 bridgehead atoms. The number of rotatable bonds is 7. The highest BCUT2D eigenvalue weighted by Gasteiger charge is 2.35. The molecule has 1 fully saturated rings. The van der Waals surface area contributed by atoms with Gasteiger partial charge < -0.3 is 10.1 Å². The van der Waals surface area contributed by atoms with Crippen molar-refractivity contribution in [1.82, 2.24) is 4.90 Å². The van der Waals surface area contributed by atoms with E-state index < -0.39 is 0 Å². The summed E-state index contributed by atoms with van der Waals surface area (Å²) in [6.45, 7) is 0.00777. The Balaban J connectivity index is 1.28. The fraction of sp³-hybridized carbons (Fsp3) is 0.0690. The van der Waals surface area contributed by atoms with Crippen molar-refractivity contribution in [1.29, 1.82) is 0 Å². The molecule has 0 radical (unpaired) electrons. The normalized spacial score (nSPS) is 14.4. The molecule has 1 saturated heterocycles. The molecule has 1 N–H and O–H groups in total. The Labute approximate surface area is 212 Å². The van der Waals surface area contributed by atoms with Crippen LogP contribution in [0.25, 0.3) is 16.8 Å². The second kappa shape index (κ2) is 10.5. The standard InChI is InChI=1S/C29H22N2O4S/c32-27(30-24-11-2-1-3-12-24)19-35-25-13-7-6-10-23(25)17-26-28(33)31(29(34)36-26)18-20-14-15-21-8-4-5-9-22(21)16-20/h1-17H,18-19H2,(H,30,32)/b26-17-. The van der Waals surface area contributed by atoms with E-state index >= 15 is 0 Å². The lowest BCUT2D eigenvalue weighted by Crippen LogP contribution is -2.27. The maximum Gasteiger partial charge on any atom is 0.293 e. The van der Waals surface area contributed by atoms with Gasteiger partial charge in [-0.25, -0.2) is 0 Å². The smallest absolute Gasteiger partial charge is 0.293 e. The minimum atomic E-state index is -0.352. The monoisotopic (exact) mass is 494 g/mol. The molecule has 0 aliphatic carbocycles. The molecule has 1 aliphatic heterocycles. The molecule has 1 aliphatic rings. The summed E-state index contributed by atoms with van der Waals surface area (Å²) in [6.07, 6.45) is 1.63. The molecule has 1 heterocycles. The number of para-hydroxylation sites is 2. The first kappa shape index (κ1) is 23.4. The van der Waals surface area contributed by atoms with Gasteiger partial charge in [-0.2, -0.15) is 0 Å². The molecule has 4 aromatic carbocycles. The van der Waals surface area contributed by atoms with Gasteiger partial charge in [-0.1, -0.05) is 72.8 Å². The van der Waals surface area contributed by atoms with Gasteiger partial charge in [0.1, 0.15) is 5.75 Å². The van der Waals surface area contributed by atoms with Crippen LogP contribution in [-0.2, 0) is 16.1 Å². The number of nitrogens with zero attached hydrogens (tertiary/aromatic N) is 1. The van der Waals surface area contributed by atoms with E-state index in [2.05, 4.69) is 5.32 Å². The molecular formula is C29H22N2O4S. The summed E-state index contributed by atoms with van der Waals surface area (Å²) in [5, 5.41) is 4.61. The van der Waals surface area contributed by atoms with Crippen molar-refractivity contribution in [2.75, 3.05) is 11.9 Å². The lowest BCUT2D eigenvalue weighted by atomic mass is 10.1. The number of anilines is 1. The van der Waals surface area contributed by atoms with E-state index in [0.717, 1.165) is 28.1 Å². The van der Waals surface area contributed by atoms with E-state index in [-0.39, 0.29) is 30.2 Å². The van der Waals surface area contributed by atoms with Gasteiger partial charge in [-0.15, -0.1) is 0 Å². The Morgan fingerprint density at radius 2 is 1.58 bits per heavy atom. The predicted molar refractivity (Wildman–Crippen MR) is 142 cm³/mol. The second-order valence-corrected chi connectivity index (χ2v) is 9.18. The third kappa shape index (κ3) is 5.31. The molecule has 6 nitrogen and oxygen atoms in total. The average molecular weight is 495 g/mol. The van der Waals surface area contributed by atoms with Crippen molar-refractivity contribution in [3.05, 3.63) is 113 Å². The Hall–Kier alpha value is -4.36. The number of benzene rings is 4. The van der Waals surface area contributed by atoms with Crippen molar-refractivity contribution in [3.8, 4) is 5.75 Å². The van der Waals surface area contributed by atoms with Crippen LogP contribution in [0.5, 0.6) is 5.75 Å². The van der Waals surface area contributed by atoms with Crippen molar-refractivity contribution in [3.63, 3.8) is 0 Å². The van der Waals surface area contributed by atoms with Crippen LogP contribution >= 0.6 is 11.8 Å². The van der Waals surface area contributed by atoms with E-state index in [1.54, 1.807) is 36.4 Å². The zero-order valence-corrected chi connectivity index (χ0v) is 20.0. The van der Waals surface area contributed by atoms with Gasteiger partial charge in [0, 0.05) is 11.3 Å². The third-order valence-corrected chi connectivity index (χ3v) is 6.56. The SMILES string of the molecule is O=C(COc1ccccc1/C=C1\SC(=O)N(Cc2ccc3ccccc3c2)C1=O)Nc1ccccc1. The topological polar surface area (TPSA) is 75.7 Å². The van der Waals surface area contributed by atoms with Crippen LogP contribution in [0.3, 0.4) is 0 Å². The highest BCUT2D eigenvalue weighted by Crippen LogP contribution is 2.35. The largest absolute Gasteiger partial charge is 0.483 e. The second-order valence-electron chi connectivity index (χ2n) is 8.19. The Bertz CT molecular complexity index is 1480. The van der Waals surface area contributed by atoms with E-state index in [1.807, 2.05) is 66.7 Å². The number of hydrogen-bond acceptors (Lipinski definition) is 5. The first-order valence-corrected chi connectivity index (χ1v) is 12.2. The summed E-state index contributed by atoms with van der Waals surface area (Å²) >= 11 is 0.898. The predicted octanol–water partition coefficient (Wildman–Crippen LogP) is 6.09. The minimum Gasteiger partial charge on any atom is -0.483 e. The molecule has 7 heteroatoms. The highest BCUT2D eigenvalue weighted by atomic mass is 32.2. The van der Waals surface area contributed by atoms with Crippen LogP contribution in [0.4, 0.5) is 10.5 Å². The zero-order chi connectivity index (χ0) is 24.9. The number of carbonyl (C=O) groups is 3. The van der Waals surface area contributed by atoms with E-state index in [4.69, 9.17) is 4.74 Å². The summed E-state index contributed by atoms with van der Waals surface area (Å²) in [4.78, 5) is 39.6. The number of nitrogens with one attached hydrogen (secondary N) is 1. The van der Waals surface area contributed by atoms with Gasteiger partial charge in [0.25, 0.3) is 17.1 Å². The molecule has 0 saturated carbocycles. The quantitative estimate of drug-likeness (QED) is 0.315. The van der Waals surface area contributed by atoms with E-state index in [9.17, 15) is 14.4 Å². The van der Waals surface area contributed by atoms with Crippen LogP contribution in [0, 0.1) is 0 Å². The lowest BCUT2D eigenvalue weighted by molar-refractivity contribution is -0.123. The van der Waals surface area contributed by atoms with Crippen molar-refractivity contribution < 1.29 is 19.1 Å². The highest BCUT2D eigenvalue weighted by molar-refractivity contribution is 8.18. The minimum absolute atomic E-state index is 0.191. The number of imide groups is 1. The maximum absolute atomic E-state index is 13.1. The van der Waals surface area contributed by atoms with Crippen LogP contribution in [0.2, 0.25) is 0 Å². The Morgan fingerprint density at radius 1 is 0.861 bits per heavy atom. The van der Waals surface area contributed by atoms with Crippen LogP contribution in [-0.4, -0.2) is 28.6 Å². The molecule has 0 spiro atoms. The van der Waals surface area contributed by atoms with Gasteiger partial charge in [-0.05, 0) is 58.4 Å². The van der Waals surface area contributed by atoms with Crippen molar-refractivity contribution in [2.24, 2.45) is 0 Å². The molecule has 4 aromatic rings. The van der Waals surface area contributed by atoms with E-state index in [0.29, 0.717) is 21.9 Å². The van der Waals surface area contributed by atoms with Crippen molar-refractivity contribution in [2.45, 2.75) is 6.54 Å². The Kier molecular flexibility index (Phi) is 6.82. The molecule has 178 valence electrons. The van der Waals surface area contributed by atoms with Crippen LogP contribution in [0.1, 0.15) is 11.1 Å². The first-order chi connectivity index (χ1) is 17.6. The third-order valence-electron chi connectivity index (χ3n) is 5.65. The summed E-state index contributed by atoms with van der Waals surface area (Å²) in [5.74, 6) is -0.205. The number of carbonyl (C=O) groups excluding carboxylic acids is 3. The number of amides is 3. The van der Waals surface area contributed by atoms with Crippen LogP contribution in [0.15, 0.2) is 102 Å². The van der Waals surface area contributed by atoms with Gasteiger partial charge >= 0.3 is 0 Å². The Morgan fingerprint density at radius 3 is 2.42 bits per heavy atom. The molecule has 0 aromatic heterocycles. The number of thioether (sulfide) groups is 1. The summed E-state index contributed by atoms with van der Waals surface area (Å²) in [5.41, 5.74) is 2.17. The van der Waals surface area contributed by atoms with Crippen LogP contribution < -0.4 is 10.1 Å². The summed E-state index contributed by atoms with van der Waals surface area (Å²) < 4.78 is 5.73. The van der Waals surface area contributed by atoms with Gasteiger partial charge in [0.05, 0.1) is 11.4 Å². The summed E-state index contributed by atoms with van der Waals surface area (Å²) in [7, 11) is 0. The molecular weight excluding hydrogens is 472 g/mol. The maximum atomic E-state index is 13.1. The zero-order valence-electron chi connectivity index (χ0n) is 19.2. The fourth-order valence-corrected chi connectivity index (χ4v) is 4.72. The number of hydrogen-bond donors (Lipinski definition) is 1. The van der Waals surface area contributed by atoms with Gasteiger partial charge in [-0.3, -0.25) is 19.3 Å². The molecule has 0 unspecified atom stereocenters. The summed E-state index contributed by atoms with van der Waals surface area (Å²) in [6, 6.07) is 30.1. The van der Waals surface area contributed by atoms with E-state index in [1.165, 1.54) is 4.90 Å². The van der Waals surface area contributed by atoms with Crippen molar-refractivity contribution >= 4 is 51.4 Å². The molecule has 0 atom stereocenters. The fourth-order valence-electron chi connectivity index (χ4n) is 3.89. The molecule has 36 heavy (non-hydrogen) atoms. The lowest BCUT2D eigenvalue weighted by Gasteiger charge is -2.13. The molecule has 3 amide bonds. The van der Waals surface area contributed by atoms with Gasteiger partial charge in [0.2, 0.25) is 0 Å². The van der Waals surface area contributed by atoms with Gasteiger partial charge in [0.15, 0.2) is 6.61 Å². The first-order valence-electron chi connectivity index (χ1n) is 11.4. The average Bonchev–Trinajstić information content (AvgIpc) is 3.16. The number of fused-ring (bicyclic) bond motifs is 1. The molecule has 5 rings (SSSR count). The number of ether oxygens (including phenoxy) is 1.